The van der Waals surface area contributed by atoms with Crippen LogP contribution in [0, 0.1) is 5.92 Å². The van der Waals surface area contributed by atoms with Crippen molar-refractivity contribution in [1.29, 1.82) is 0 Å². The van der Waals surface area contributed by atoms with Gasteiger partial charge in [0.25, 0.3) is 6.43 Å². The maximum absolute atomic E-state index is 12.2. The molecule has 1 atom stereocenters. The van der Waals surface area contributed by atoms with Crippen molar-refractivity contribution in [2.75, 3.05) is 11.9 Å². The summed E-state index contributed by atoms with van der Waals surface area (Å²) in [5, 5.41) is 8.46. The fraction of sp³-hybridized carbons (Fsp3) is 0.364. The third-order valence-electron chi connectivity index (χ3n) is 4.70. The highest BCUT2D eigenvalue weighted by Crippen LogP contribution is 2.30. The van der Waals surface area contributed by atoms with Crippen LogP contribution in [0.4, 0.5) is 19.3 Å². The van der Waals surface area contributed by atoms with Crippen molar-refractivity contribution < 1.29 is 23.1 Å². The molecule has 0 radical (unpaired) electrons. The van der Waals surface area contributed by atoms with Gasteiger partial charge in [-0.05, 0) is 55.2 Å². The second kappa shape index (κ2) is 10.0. The summed E-state index contributed by atoms with van der Waals surface area (Å²) in [4.78, 5) is 24.0. The van der Waals surface area contributed by atoms with E-state index in [0.29, 0.717) is 5.75 Å². The molecule has 1 fully saturated rings. The first kappa shape index (κ1) is 21.5. The van der Waals surface area contributed by atoms with Crippen LogP contribution in [0.5, 0.6) is 5.75 Å². The molecule has 160 valence electrons. The second-order valence-corrected chi connectivity index (χ2v) is 7.28. The van der Waals surface area contributed by atoms with E-state index in [9.17, 15) is 18.4 Å². The molecule has 1 aliphatic carbocycles. The van der Waals surface area contributed by atoms with Crippen LogP contribution >= 0.6 is 0 Å². The monoisotopic (exact) mass is 417 g/mol. The van der Waals surface area contributed by atoms with E-state index >= 15 is 0 Å². The molecular weight excluding hydrogens is 392 g/mol. The number of amides is 3. The number of carbonyl (C=O) groups is 2. The third kappa shape index (κ3) is 6.72. The van der Waals surface area contributed by atoms with Crippen molar-refractivity contribution >= 4 is 17.6 Å². The quantitative estimate of drug-likeness (QED) is 0.571. The fourth-order valence-corrected chi connectivity index (χ4v) is 2.86. The lowest BCUT2D eigenvalue weighted by Gasteiger charge is -2.16. The topological polar surface area (TPSA) is 79.5 Å². The summed E-state index contributed by atoms with van der Waals surface area (Å²) in [5.74, 6) is 0.528. The van der Waals surface area contributed by atoms with Gasteiger partial charge >= 0.3 is 6.03 Å². The summed E-state index contributed by atoms with van der Waals surface area (Å²) < 4.78 is 29.5. The second-order valence-electron chi connectivity index (χ2n) is 7.28. The van der Waals surface area contributed by atoms with Gasteiger partial charge in [0.05, 0.1) is 6.04 Å². The van der Waals surface area contributed by atoms with E-state index in [1.165, 1.54) is 0 Å². The average molecular weight is 417 g/mol. The van der Waals surface area contributed by atoms with E-state index in [1.54, 1.807) is 24.3 Å². The summed E-state index contributed by atoms with van der Waals surface area (Å²) in [7, 11) is 0. The van der Waals surface area contributed by atoms with E-state index in [-0.39, 0.29) is 30.4 Å². The number of anilines is 1. The van der Waals surface area contributed by atoms with Crippen molar-refractivity contribution in [2.24, 2.45) is 5.92 Å². The van der Waals surface area contributed by atoms with Crippen LogP contribution in [0.25, 0.3) is 0 Å². The molecule has 1 saturated carbocycles. The summed E-state index contributed by atoms with van der Waals surface area (Å²) in [6.07, 6.45) is -0.636. The normalized spacial score (nSPS) is 14.1. The molecule has 2 aromatic carbocycles. The lowest BCUT2D eigenvalue weighted by molar-refractivity contribution is -0.117. The standard InChI is InChI=1S/C22H25F2N3O3/c1-14(16-7-9-18(10-8-16)27-21(28)17-5-6-17)26-22(29)25-12-15-3-2-4-19(11-15)30-13-20(23)24/h2-4,7-11,14,17,20H,5-6,12-13H2,1H3,(H,27,28)(H2,25,26,29). The van der Waals surface area contributed by atoms with Gasteiger partial charge in [0.15, 0.2) is 0 Å². The Labute approximate surface area is 174 Å². The number of benzene rings is 2. The van der Waals surface area contributed by atoms with Crippen molar-refractivity contribution in [2.45, 2.75) is 38.8 Å². The SMILES string of the molecule is CC(NC(=O)NCc1cccc(OCC(F)F)c1)c1ccc(NC(=O)C2CC2)cc1. The molecule has 8 heteroatoms. The Morgan fingerprint density at radius 1 is 1.13 bits per heavy atom. The summed E-state index contributed by atoms with van der Waals surface area (Å²) in [5.41, 5.74) is 2.37. The molecule has 0 spiro atoms. The minimum absolute atomic E-state index is 0.0528. The number of rotatable bonds is 9. The lowest BCUT2D eigenvalue weighted by atomic mass is 10.1. The van der Waals surface area contributed by atoms with E-state index in [1.807, 2.05) is 31.2 Å². The first-order valence-corrected chi connectivity index (χ1v) is 9.86. The van der Waals surface area contributed by atoms with Crippen LogP contribution in [-0.4, -0.2) is 25.0 Å². The number of hydrogen-bond donors (Lipinski definition) is 3. The Bertz CT molecular complexity index is 870. The van der Waals surface area contributed by atoms with Crippen molar-refractivity contribution in [3.05, 3.63) is 59.7 Å². The number of alkyl halides is 2. The van der Waals surface area contributed by atoms with Gasteiger partial charge in [0, 0.05) is 18.2 Å². The van der Waals surface area contributed by atoms with Gasteiger partial charge in [-0.2, -0.15) is 0 Å². The van der Waals surface area contributed by atoms with Gasteiger partial charge in [0.1, 0.15) is 12.4 Å². The van der Waals surface area contributed by atoms with Gasteiger partial charge < -0.3 is 20.7 Å². The molecule has 3 rings (SSSR count). The molecule has 30 heavy (non-hydrogen) atoms. The molecule has 3 N–H and O–H groups in total. The molecule has 2 aromatic rings. The minimum Gasteiger partial charge on any atom is -0.488 e. The number of carbonyl (C=O) groups excluding carboxylic acids is 2. The zero-order valence-electron chi connectivity index (χ0n) is 16.7. The summed E-state index contributed by atoms with van der Waals surface area (Å²) in [6, 6.07) is 13.4. The molecule has 1 unspecified atom stereocenters. The van der Waals surface area contributed by atoms with Gasteiger partial charge in [-0.3, -0.25) is 4.79 Å². The predicted octanol–water partition coefficient (Wildman–Crippen LogP) is 4.24. The molecule has 1 aliphatic rings. The van der Waals surface area contributed by atoms with Crippen LogP contribution < -0.4 is 20.7 Å². The molecule has 0 aromatic heterocycles. The van der Waals surface area contributed by atoms with E-state index < -0.39 is 13.0 Å². The zero-order valence-corrected chi connectivity index (χ0v) is 16.7. The number of nitrogens with one attached hydrogen (secondary N) is 3. The number of halogens is 2. The first-order valence-electron chi connectivity index (χ1n) is 9.86. The molecule has 0 saturated heterocycles. The van der Waals surface area contributed by atoms with Crippen LogP contribution in [0.2, 0.25) is 0 Å². The first-order chi connectivity index (χ1) is 14.4. The Kier molecular flexibility index (Phi) is 7.21. The maximum atomic E-state index is 12.2. The third-order valence-corrected chi connectivity index (χ3v) is 4.70. The molecule has 0 aliphatic heterocycles. The molecular formula is C22H25F2N3O3. The highest BCUT2D eigenvalue weighted by atomic mass is 19.3. The maximum Gasteiger partial charge on any atom is 0.315 e. The van der Waals surface area contributed by atoms with Gasteiger partial charge in [-0.1, -0.05) is 24.3 Å². The van der Waals surface area contributed by atoms with Crippen molar-refractivity contribution in [3.8, 4) is 5.75 Å². The minimum atomic E-state index is -2.54. The highest BCUT2D eigenvalue weighted by molar-refractivity contribution is 5.94. The Hall–Kier alpha value is -3.16. The Balaban J connectivity index is 1.45. The molecule has 0 heterocycles. The van der Waals surface area contributed by atoms with Gasteiger partial charge in [0.2, 0.25) is 5.91 Å². The Morgan fingerprint density at radius 2 is 1.87 bits per heavy atom. The largest absolute Gasteiger partial charge is 0.488 e. The van der Waals surface area contributed by atoms with Gasteiger partial charge in [-0.15, -0.1) is 0 Å². The highest BCUT2D eigenvalue weighted by Gasteiger charge is 2.29. The number of urea groups is 1. The van der Waals surface area contributed by atoms with Crippen molar-refractivity contribution in [3.63, 3.8) is 0 Å². The smallest absolute Gasteiger partial charge is 0.315 e. The molecule has 6 nitrogen and oxygen atoms in total. The average Bonchev–Trinajstić information content (AvgIpc) is 3.57. The Morgan fingerprint density at radius 3 is 2.53 bits per heavy atom. The molecule has 0 bridgehead atoms. The van der Waals surface area contributed by atoms with E-state index in [4.69, 9.17) is 4.74 Å². The summed E-state index contributed by atoms with van der Waals surface area (Å²) in [6.45, 7) is 1.42. The lowest BCUT2D eigenvalue weighted by Crippen LogP contribution is -2.36. The number of ether oxygens (including phenoxy) is 1. The molecule has 3 amide bonds. The van der Waals surface area contributed by atoms with Crippen molar-refractivity contribution in [1.82, 2.24) is 10.6 Å². The van der Waals surface area contributed by atoms with Crippen LogP contribution in [0.3, 0.4) is 0 Å². The van der Waals surface area contributed by atoms with E-state index in [0.717, 1.165) is 29.7 Å². The van der Waals surface area contributed by atoms with Crippen LogP contribution in [0.1, 0.15) is 36.9 Å². The predicted molar refractivity (Wildman–Crippen MR) is 110 cm³/mol. The zero-order chi connectivity index (χ0) is 21.5. The van der Waals surface area contributed by atoms with Gasteiger partial charge in [-0.25, -0.2) is 13.6 Å². The number of hydrogen-bond acceptors (Lipinski definition) is 3. The van der Waals surface area contributed by atoms with Crippen LogP contribution in [0.15, 0.2) is 48.5 Å². The van der Waals surface area contributed by atoms with E-state index in [2.05, 4.69) is 16.0 Å². The fourth-order valence-electron chi connectivity index (χ4n) is 2.86. The summed E-state index contributed by atoms with van der Waals surface area (Å²) >= 11 is 0. The van der Waals surface area contributed by atoms with Crippen LogP contribution in [-0.2, 0) is 11.3 Å².